The Morgan fingerprint density at radius 3 is 2.16 bits per heavy atom. The van der Waals surface area contributed by atoms with E-state index in [1.165, 1.54) is 29.2 Å². The summed E-state index contributed by atoms with van der Waals surface area (Å²) in [5.41, 5.74) is 3.17. The molecule has 0 spiro atoms. The van der Waals surface area contributed by atoms with Gasteiger partial charge in [0.25, 0.3) is 10.0 Å². The van der Waals surface area contributed by atoms with Gasteiger partial charge in [-0.1, -0.05) is 66.0 Å². The zero-order valence-corrected chi connectivity index (χ0v) is 23.7. The second kappa shape index (κ2) is 12.9. The molecule has 0 saturated carbocycles. The van der Waals surface area contributed by atoms with Gasteiger partial charge in [0.1, 0.15) is 12.6 Å². The highest BCUT2D eigenvalue weighted by Crippen LogP contribution is 2.26. The summed E-state index contributed by atoms with van der Waals surface area (Å²) in [6.45, 7) is 7.61. The number of hydrogen-bond acceptors (Lipinski definition) is 4. The fourth-order valence-electron chi connectivity index (χ4n) is 4.19. The van der Waals surface area contributed by atoms with Crippen LogP contribution in [0.1, 0.15) is 37.0 Å². The number of anilines is 1. The van der Waals surface area contributed by atoms with E-state index in [0.29, 0.717) is 23.7 Å². The van der Waals surface area contributed by atoms with Crippen LogP contribution < -0.4 is 9.62 Å². The summed E-state index contributed by atoms with van der Waals surface area (Å²) in [6, 6.07) is 19.7. The van der Waals surface area contributed by atoms with E-state index < -0.39 is 28.5 Å². The van der Waals surface area contributed by atoms with Crippen molar-refractivity contribution in [2.24, 2.45) is 0 Å². The Morgan fingerprint density at radius 1 is 0.921 bits per heavy atom. The molecule has 0 radical (unpaired) electrons. The van der Waals surface area contributed by atoms with Crippen molar-refractivity contribution in [3.8, 4) is 0 Å². The quantitative estimate of drug-likeness (QED) is 0.357. The third-order valence-corrected chi connectivity index (χ3v) is 8.21. The Kier molecular flexibility index (Phi) is 9.94. The van der Waals surface area contributed by atoms with Crippen LogP contribution in [0.4, 0.5) is 5.69 Å². The van der Waals surface area contributed by atoms with Crippen molar-refractivity contribution in [1.82, 2.24) is 10.2 Å². The maximum Gasteiger partial charge on any atom is 0.264 e. The van der Waals surface area contributed by atoms with Gasteiger partial charge in [0, 0.05) is 18.1 Å². The van der Waals surface area contributed by atoms with Crippen LogP contribution in [0.15, 0.2) is 77.7 Å². The average molecular weight is 556 g/mol. The van der Waals surface area contributed by atoms with Crippen LogP contribution in [0.2, 0.25) is 5.02 Å². The Hall–Kier alpha value is -3.36. The minimum Gasteiger partial charge on any atom is -0.355 e. The summed E-state index contributed by atoms with van der Waals surface area (Å²) in [6.07, 6.45) is 0.373. The predicted octanol–water partition coefficient (Wildman–Crippen LogP) is 5.10. The van der Waals surface area contributed by atoms with Gasteiger partial charge in [-0.15, -0.1) is 0 Å². The largest absolute Gasteiger partial charge is 0.355 e. The zero-order valence-electron chi connectivity index (χ0n) is 22.1. The molecule has 1 atom stereocenters. The summed E-state index contributed by atoms with van der Waals surface area (Å²) in [5.74, 6) is -0.763. The van der Waals surface area contributed by atoms with Crippen LogP contribution in [-0.4, -0.2) is 44.3 Å². The number of nitrogens with one attached hydrogen (secondary N) is 1. The number of sulfonamides is 1. The zero-order chi connectivity index (χ0) is 27.9. The maximum absolute atomic E-state index is 13.9. The van der Waals surface area contributed by atoms with Crippen LogP contribution >= 0.6 is 11.6 Å². The first-order valence-electron chi connectivity index (χ1n) is 12.5. The van der Waals surface area contributed by atoms with Crippen molar-refractivity contribution >= 4 is 39.1 Å². The molecule has 7 nitrogen and oxygen atoms in total. The fraction of sp³-hybridized carbons (Fsp3) is 0.310. The van der Waals surface area contributed by atoms with Crippen molar-refractivity contribution in [2.75, 3.05) is 17.4 Å². The van der Waals surface area contributed by atoms with Gasteiger partial charge in [-0.2, -0.15) is 0 Å². The number of carbonyl (C=O) groups is 2. The lowest BCUT2D eigenvalue weighted by Crippen LogP contribution is -2.52. The molecule has 38 heavy (non-hydrogen) atoms. The van der Waals surface area contributed by atoms with Gasteiger partial charge in [-0.3, -0.25) is 13.9 Å². The van der Waals surface area contributed by atoms with Gasteiger partial charge in [-0.25, -0.2) is 8.42 Å². The second-order valence-electron chi connectivity index (χ2n) is 9.13. The van der Waals surface area contributed by atoms with E-state index in [2.05, 4.69) is 5.32 Å². The van der Waals surface area contributed by atoms with E-state index in [9.17, 15) is 18.0 Å². The molecule has 3 aromatic carbocycles. The Bertz CT molecular complexity index is 1360. The number of nitrogens with zero attached hydrogens (tertiary/aromatic N) is 2. The number of hydrogen-bond donors (Lipinski definition) is 1. The molecule has 2 amide bonds. The molecule has 0 aliphatic carbocycles. The van der Waals surface area contributed by atoms with Crippen molar-refractivity contribution in [3.63, 3.8) is 0 Å². The van der Waals surface area contributed by atoms with Crippen molar-refractivity contribution < 1.29 is 18.0 Å². The fourth-order valence-corrected chi connectivity index (χ4v) is 5.73. The number of halogens is 1. The Balaban J connectivity index is 2.05. The molecule has 1 unspecified atom stereocenters. The third-order valence-electron chi connectivity index (χ3n) is 6.17. The first kappa shape index (κ1) is 29.2. The first-order chi connectivity index (χ1) is 18.1. The van der Waals surface area contributed by atoms with Crippen molar-refractivity contribution in [3.05, 3.63) is 94.5 Å². The topological polar surface area (TPSA) is 86.8 Å². The second-order valence-corrected chi connectivity index (χ2v) is 11.4. The SMILES string of the molecule is CCNC(=O)C(CC)N(Cc1cccc(C)c1)C(=O)CN(c1ccc(C)cc1)S(=O)(=O)c1ccc(Cl)cc1. The molecule has 0 fully saturated rings. The van der Waals surface area contributed by atoms with Gasteiger partial charge >= 0.3 is 0 Å². The predicted molar refractivity (Wildman–Crippen MR) is 152 cm³/mol. The van der Waals surface area contributed by atoms with E-state index in [1.807, 2.05) is 52.0 Å². The molecule has 1 N–H and O–H groups in total. The third kappa shape index (κ3) is 7.14. The summed E-state index contributed by atoms with van der Waals surface area (Å²) < 4.78 is 28.7. The average Bonchev–Trinajstić information content (AvgIpc) is 2.88. The van der Waals surface area contributed by atoms with E-state index in [4.69, 9.17) is 11.6 Å². The lowest BCUT2D eigenvalue weighted by atomic mass is 10.1. The summed E-state index contributed by atoms with van der Waals surface area (Å²) in [5, 5.41) is 3.21. The number of aryl methyl sites for hydroxylation is 2. The summed E-state index contributed by atoms with van der Waals surface area (Å²) in [4.78, 5) is 28.4. The summed E-state index contributed by atoms with van der Waals surface area (Å²) in [7, 11) is -4.13. The van der Waals surface area contributed by atoms with Crippen LogP contribution in [0, 0.1) is 13.8 Å². The number of rotatable bonds is 11. The number of benzene rings is 3. The van der Waals surface area contributed by atoms with Crippen LogP contribution in [0.3, 0.4) is 0 Å². The monoisotopic (exact) mass is 555 g/mol. The Morgan fingerprint density at radius 2 is 1.58 bits per heavy atom. The molecular weight excluding hydrogens is 522 g/mol. The number of carbonyl (C=O) groups excluding carboxylic acids is 2. The van der Waals surface area contributed by atoms with Gasteiger partial charge in [-0.05, 0) is 69.2 Å². The van der Waals surface area contributed by atoms with Gasteiger partial charge in [0.15, 0.2) is 0 Å². The van der Waals surface area contributed by atoms with Crippen molar-refractivity contribution in [1.29, 1.82) is 0 Å². The van der Waals surface area contributed by atoms with E-state index in [0.717, 1.165) is 21.0 Å². The van der Waals surface area contributed by atoms with Gasteiger partial charge < -0.3 is 10.2 Å². The van der Waals surface area contributed by atoms with E-state index in [-0.39, 0.29) is 17.3 Å². The molecule has 0 aromatic heterocycles. The lowest BCUT2D eigenvalue weighted by Gasteiger charge is -2.33. The first-order valence-corrected chi connectivity index (χ1v) is 14.4. The minimum absolute atomic E-state index is 0.0104. The normalized spacial score (nSPS) is 12.0. The molecule has 9 heteroatoms. The Labute approximate surface area is 230 Å². The molecule has 0 aliphatic rings. The van der Waals surface area contributed by atoms with E-state index in [1.54, 1.807) is 24.3 Å². The summed E-state index contributed by atoms with van der Waals surface area (Å²) >= 11 is 5.99. The molecule has 0 heterocycles. The molecule has 0 bridgehead atoms. The lowest BCUT2D eigenvalue weighted by molar-refractivity contribution is -0.140. The molecule has 3 aromatic rings. The number of likely N-dealkylation sites (N-methyl/N-ethyl adjacent to an activating group) is 1. The molecule has 202 valence electrons. The standard InChI is InChI=1S/C29H34ClN3O4S/c1-5-27(29(35)31-6-2)32(19-23-9-7-8-22(4)18-23)28(34)20-33(25-14-10-21(3)11-15-25)38(36,37)26-16-12-24(30)13-17-26/h7-18,27H,5-6,19-20H2,1-4H3,(H,31,35). The molecule has 0 aliphatic heterocycles. The van der Waals surface area contributed by atoms with Gasteiger partial charge in [0.05, 0.1) is 10.6 Å². The number of amides is 2. The van der Waals surface area contributed by atoms with E-state index >= 15 is 0 Å². The minimum atomic E-state index is -4.13. The van der Waals surface area contributed by atoms with Gasteiger partial charge in [0.2, 0.25) is 11.8 Å². The smallest absolute Gasteiger partial charge is 0.264 e. The molecule has 3 rings (SSSR count). The highest BCUT2D eigenvalue weighted by atomic mass is 35.5. The van der Waals surface area contributed by atoms with Crippen LogP contribution in [0.5, 0.6) is 0 Å². The highest BCUT2D eigenvalue weighted by molar-refractivity contribution is 7.92. The van der Waals surface area contributed by atoms with Crippen molar-refractivity contribution in [2.45, 2.75) is 51.6 Å². The van der Waals surface area contributed by atoms with Crippen LogP contribution in [0.25, 0.3) is 0 Å². The molecule has 0 saturated heterocycles. The molecular formula is C29H34ClN3O4S. The highest BCUT2D eigenvalue weighted by Gasteiger charge is 2.33. The van der Waals surface area contributed by atoms with Crippen LogP contribution in [-0.2, 0) is 26.2 Å². The maximum atomic E-state index is 13.9.